The third kappa shape index (κ3) is 2.55. The van der Waals surface area contributed by atoms with Crippen molar-refractivity contribution in [1.29, 1.82) is 0 Å². The Morgan fingerprint density at radius 3 is 2.80 bits per heavy atom. The molecule has 2 unspecified atom stereocenters. The van der Waals surface area contributed by atoms with Gasteiger partial charge in [0.05, 0.1) is 5.41 Å². The fraction of sp³-hybridized carbons (Fsp3) is 0.643. The van der Waals surface area contributed by atoms with Gasteiger partial charge in [0.2, 0.25) is 5.91 Å². The minimum absolute atomic E-state index is 0.0625. The summed E-state index contributed by atoms with van der Waals surface area (Å²) in [5.74, 6) is -0.864. The molecule has 0 saturated carbocycles. The number of hydrogen-bond donors (Lipinski definition) is 1. The Balaban J connectivity index is 2.12. The van der Waals surface area contributed by atoms with E-state index < -0.39 is 17.4 Å². The first-order valence-electron chi connectivity index (χ1n) is 7.01. The highest BCUT2D eigenvalue weighted by molar-refractivity contribution is 5.82. The van der Waals surface area contributed by atoms with Crippen molar-refractivity contribution < 1.29 is 14.7 Å². The van der Waals surface area contributed by atoms with Gasteiger partial charge in [-0.05, 0) is 32.3 Å². The molecule has 1 fully saturated rings. The average Bonchev–Trinajstić information content (AvgIpc) is 2.99. The summed E-state index contributed by atoms with van der Waals surface area (Å²) in [5, 5.41) is 13.5. The summed E-state index contributed by atoms with van der Waals surface area (Å²) >= 11 is 0. The van der Waals surface area contributed by atoms with E-state index in [2.05, 4.69) is 5.10 Å². The standard InChI is InChI=1S/C14H21N3O3/c1-3-14(13(19)20)6-4-8-16(10-14)12(18)11(2)17-9-5-7-15-17/h5,7,9,11H,3-4,6,8,10H2,1-2H3,(H,19,20). The van der Waals surface area contributed by atoms with Crippen LogP contribution >= 0.6 is 0 Å². The Morgan fingerprint density at radius 2 is 2.25 bits per heavy atom. The van der Waals surface area contributed by atoms with Crippen LogP contribution in [0.2, 0.25) is 0 Å². The topological polar surface area (TPSA) is 75.4 Å². The molecule has 2 atom stereocenters. The molecule has 0 radical (unpaired) electrons. The number of carboxylic acids is 1. The number of likely N-dealkylation sites (tertiary alicyclic amines) is 1. The van der Waals surface area contributed by atoms with Crippen LogP contribution < -0.4 is 0 Å². The lowest BCUT2D eigenvalue weighted by atomic mass is 9.77. The van der Waals surface area contributed by atoms with Crippen molar-refractivity contribution in [3.05, 3.63) is 18.5 Å². The molecule has 1 aliphatic rings. The normalized spacial score (nSPS) is 24.4. The molecular weight excluding hydrogens is 258 g/mol. The zero-order valence-electron chi connectivity index (χ0n) is 12.0. The van der Waals surface area contributed by atoms with Crippen LogP contribution in [0.1, 0.15) is 39.2 Å². The fourth-order valence-corrected chi connectivity index (χ4v) is 2.82. The summed E-state index contributed by atoms with van der Waals surface area (Å²) in [5.41, 5.74) is -0.794. The van der Waals surface area contributed by atoms with Gasteiger partial charge in [0.25, 0.3) is 0 Å². The Labute approximate surface area is 118 Å². The monoisotopic (exact) mass is 279 g/mol. The summed E-state index contributed by atoms with van der Waals surface area (Å²) in [6.45, 7) is 4.58. The highest BCUT2D eigenvalue weighted by atomic mass is 16.4. The lowest BCUT2D eigenvalue weighted by molar-refractivity contribution is -0.155. The number of rotatable bonds is 4. The first kappa shape index (κ1) is 14.6. The maximum Gasteiger partial charge on any atom is 0.311 e. The molecule has 20 heavy (non-hydrogen) atoms. The van der Waals surface area contributed by atoms with E-state index in [1.54, 1.807) is 35.0 Å². The molecule has 1 aromatic rings. The molecule has 0 aliphatic carbocycles. The quantitative estimate of drug-likeness (QED) is 0.907. The van der Waals surface area contributed by atoms with Gasteiger partial charge in [-0.2, -0.15) is 5.10 Å². The van der Waals surface area contributed by atoms with E-state index in [9.17, 15) is 14.7 Å². The first-order chi connectivity index (χ1) is 9.50. The zero-order valence-corrected chi connectivity index (χ0v) is 12.0. The summed E-state index contributed by atoms with van der Waals surface area (Å²) in [6.07, 6.45) is 5.29. The van der Waals surface area contributed by atoms with Gasteiger partial charge < -0.3 is 10.0 Å². The Kier molecular flexibility index (Phi) is 4.11. The van der Waals surface area contributed by atoms with Gasteiger partial charge in [-0.3, -0.25) is 14.3 Å². The molecule has 1 amide bonds. The number of carbonyl (C=O) groups is 2. The zero-order chi connectivity index (χ0) is 14.8. The maximum atomic E-state index is 12.5. The third-order valence-electron chi connectivity index (χ3n) is 4.30. The van der Waals surface area contributed by atoms with E-state index in [0.717, 1.165) is 6.42 Å². The van der Waals surface area contributed by atoms with Crippen molar-refractivity contribution in [3.63, 3.8) is 0 Å². The summed E-state index contributed by atoms with van der Waals surface area (Å²) in [7, 11) is 0. The van der Waals surface area contributed by atoms with E-state index in [1.807, 2.05) is 6.92 Å². The lowest BCUT2D eigenvalue weighted by Crippen LogP contribution is -2.51. The largest absolute Gasteiger partial charge is 0.481 e. The number of aromatic nitrogens is 2. The summed E-state index contributed by atoms with van der Waals surface area (Å²) in [4.78, 5) is 25.7. The molecule has 2 heterocycles. The molecule has 0 aromatic carbocycles. The lowest BCUT2D eigenvalue weighted by Gasteiger charge is -2.40. The van der Waals surface area contributed by atoms with Crippen LogP contribution in [0.15, 0.2) is 18.5 Å². The SMILES string of the molecule is CCC1(C(=O)O)CCCN(C(=O)C(C)n2cccn2)C1. The van der Waals surface area contributed by atoms with Gasteiger partial charge in [0.1, 0.15) is 6.04 Å². The predicted octanol–water partition coefficient (Wildman–Crippen LogP) is 1.55. The second kappa shape index (κ2) is 5.64. The van der Waals surface area contributed by atoms with E-state index in [0.29, 0.717) is 25.9 Å². The number of nitrogens with zero attached hydrogens (tertiary/aromatic N) is 3. The van der Waals surface area contributed by atoms with Gasteiger partial charge in [-0.25, -0.2) is 0 Å². The van der Waals surface area contributed by atoms with Crippen molar-refractivity contribution in [2.75, 3.05) is 13.1 Å². The second-order valence-corrected chi connectivity index (χ2v) is 5.46. The molecule has 0 bridgehead atoms. The predicted molar refractivity (Wildman–Crippen MR) is 73.1 cm³/mol. The van der Waals surface area contributed by atoms with Crippen LogP contribution in [0.3, 0.4) is 0 Å². The number of aliphatic carboxylic acids is 1. The third-order valence-corrected chi connectivity index (χ3v) is 4.30. The van der Waals surface area contributed by atoms with Gasteiger partial charge >= 0.3 is 5.97 Å². The molecule has 0 spiro atoms. The molecule has 2 rings (SSSR count). The molecule has 1 aliphatic heterocycles. The number of carbonyl (C=O) groups excluding carboxylic acids is 1. The molecular formula is C14H21N3O3. The molecule has 6 nitrogen and oxygen atoms in total. The van der Waals surface area contributed by atoms with Gasteiger partial charge in [0, 0.05) is 25.5 Å². The van der Waals surface area contributed by atoms with E-state index >= 15 is 0 Å². The Hall–Kier alpha value is -1.85. The summed E-state index contributed by atoms with van der Waals surface area (Å²) < 4.78 is 1.60. The number of amides is 1. The smallest absolute Gasteiger partial charge is 0.311 e. The molecule has 1 saturated heterocycles. The highest BCUT2D eigenvalue weighted by Gasteiger charge is 2.42. The van der Waals surface area contributed by atoms with E-state index in [1.165, 1.54) is 0 Å². The van der Waals surface area contributed by atoms with Crippen molar-refractivity contribution >= 4 is 11.9 Å². The van der Waals surface area contributed by atoms with Crippen LogP contribution in [0, 0.1) is 5.41 Å². The average molecular weight is 279 g/mol. The van der Waals surface area contributed by atoms with Gasteiger partial charge in [0.15, 0.2) is 0 Å². The minimum Gasteiger partial charge on any atom is -0.481 e. The van der Waals surface area contributed by atoms with Crippen LogP contribution in [0.4, 0.5) is 0 Å². The second-order valence-electron chi connectivity index (χ2n) is 5.46. The number of carboxylic acid groups (broad SMARTS) is 1. The van der Waals surface area contributed by atoms with E-state index in [-0.39, 0.29) is 5.91 Å². The fourth-order valence-electron chi connectivity index (χ4n) is 2.82. The first-order valence-corrected chi connectivity index (χ1v) is 7.01. The van der Waals surface area contributed by atoms with E-state index in [4.69, 9.17) is 0 Å². The number of piperidine rings is 1. The van der Waals surface area contributed by atoms with Crippen molar-refractivity contribution in [1.82, 2.24) is 14.7 Å². The van der Waals surface area contributed by atoms with Crippen LogP contribution in [-0.4, -0.2) is 44.8 Å². The molecule has 1 N–H and O–H groups in total. The van der Waals surface area contributed by atoms with Crippen LogP contribution in [0.25, 0.3) is 0 Å². The molecule has 6 heteroatoms. The Morgan fingerprint density at radius 1 is 1.50 bits per heavy atom. The van der Waals surface area contributed by atoms with Crippen molar-refractivity contribution in [3.8, 4) is 0 Å². The van der Waals surface area contributed by atoms with Gasteiger partial charge in [-0.15, -0.1) is 0 Å². The van der Waals surface area contributed by atoms with Crippen molar-refractivity contribution in [2.45, 2.75) is 39.2 Å². The summed E-state index contributed by atoms with van der Waals surface area (Å²) in [6, 6.07) is 1.37. The molecule has 1 aromatic heterocycles. The minimum atomic E-state index is -0.802. The maximum absolute atomic E-state index is 12.5. The van der Waals surface area contributed by atoms with Crippen LogP contribution in [-0.2, 0) is 9.59 Å². The van der Waals surface area contributed by atoms with Gasteiger partial charge in [-0.1, -0.05) is 6.92 Å². The van der Waals surface area contributed by atoms with Crippen LogP contribution in [0.5, 0.6) is 0 Å². The number of hydrogen-bond acceptors (Lipinski definition) is 3. The van der Waals surface area contributed by atoms with Crippen molar-refractivity contribution in [2.24, 2.45) is 5.41 Å². The highest BCUT2D eigenvalue weighted by Crippen LogP contribution is 2.34. The Bertz CT molecular complexity index is 486. The molecule has 110 valence electrons.